The number of hydrogen-bond acceptors (Lipinski definition) is 10. The third-order valence-corrected chi connectivity index (χ3v) is 10.7. The molecular weight excluding hydrogens is 772 g/mol. The number of piperazine rings is 2. The van der Waals surface area contributed by atoms with Crippen molar-refractivity contribution in [3.05, 3.63) is 206 Å². The van der Waals surface area contributed by atoms with Crippen LogP contribution >= 0.6 is 0 Å². The molecule has 0 aliphatic carbocycles. The zero-order chi connectivity index (χ0) is 43.0. The van der Waals surface area contributed by atoms with Crippen molar-refractivity contribution in [3.8, 4) is 0 Å². The molecule has 316 valence electrons. The lowest BCUT2D eigenvalue weighted by atomic mass is 9.98. The summed E-state index contributed by atoms with van der Waals surface area (Å²) in [5.74, 6) is -0.525. The van der Waals surface area contributed by atoms with Crippen LogP contribution in [0.25, 0.3) is 0 Å². The van der Waals surface area contributed by atoms with Crippen molar-refractivity contribution in [2.45, 2.75) is 12.1 Å². The van der Waals surface area contributed by atoms with Gasteiger partial charge in [-0.1, -0.05) is 121 Å². The lowest BCUT2D eigenvalue weighted by Gasteiger charge is -2.34. The summed E-state index contributed by atoms with van der Waals surface area (Å²) in [5.41, 5.74) is 5.61. The van der Waals surface area contributed by atoms with Gasteiger partial charge in [0.15, 0.2) is 0 Å². The van der Waals surface area contributed by atoms with Crippen LogP contribution in [-0.2, 0) is 0 Å². The first-order valence-electron chi connectivity index (χ1n) is 20.4. The summed E-state index contributed by atoms with van der Waals surface area (Å²) in [6, 6.07) is 47.4. The monoisotopic (exact) mass is 824 g/mol. The number of likely N-dealkylation sites (N-methyl/N-ethyl adjacent to an activating group) is 2. The fourth-order valence-corrected chi connectivity index (χ4v) is 7.23. The highest BCUT2D eigenvalue weighted by atomic mass is 19.1. The molecule has 0 bridgehead atoms. The molecule has 2 aliphatic heterocycles. The molecule has 2 aliphatic rings. The molecule has 0 amide bonds. The molecule has 8 rings (SSSR count). The van der Waals surface area contributed by atoms with E-state index in [1.165, 1.54) is 19.2 Å². The molecule has 13 heteroatoms. The molecule has 0 radical (unpaired) electrons. The smallest absolute Gasteiger partial charge is 0.292 e. The van der Waals surface area contributed by atoms with Crippen LogP contribution in [-0.4, -0.2) is 86.1 Å². The number of anilines is 3. The average Bonchev–Trinajstić information content (AvgIpc) is 3.29. The van der Waals surface area contributed by atoms with Crippen molar-refractivity contribution >= 4 is 28.4 Å². The molecule has 2 saturated heterocycles. The summed E-state index contributed by atoms with van der Waals surface area (Å²) >= 11 is 0. The first kappa shape index (κ1) is 43.9. The Balaban J connectivity index is 0.000000179. The maximum atomic E-state index is 13.6. The second-order valence-electron chi connectivity index (χ2n) is 15.0. The van der Waals surface area contributed by atoms with E-state index in [-0.39, 0.29) is 34.1 Å². The number of nitrogens with zero attached hydrogens (tertiary/aromatic N) is 5. The van der Waals surface area contributed by atoms with Crippen LogP contribution in [0, 0.1) is 26.0 Å². The molecule has 2 heterocycles. The zero-order valence-electron chi connectivity index (χ0n) is 34.6. The van der Waals surface area contributed by atoms with Gasteiger partial charge in [0.05, 0.1) is 21.9 Å². The Morgan fingerprint density at radius 1 is 0.525 bits per heavy atom. The highest BCUT2D eigenvalue weighted by molar-refractivity contribution is 5.70. The van der Waals surface area contributed by atoms with Crippen molar-refractivity contribution in [2.75, 3.05) is 82.0 Å². The third-order valence-electron chi connectivity index (χ3n) is 10.7. The van der Waals surface area contributed by atoms with Gasteiger partial charge >= 0.3 is 0 Å². The fraction of sp³-hybridized carbons (Fsp3) is 0.250. The van der Waals surface area contributed by atoms with E-state index in [1.54, 1.807) is 6.07 Å². The Morgan fingerprint density at radius 3 is 1.28 bits per heavy atom. The third kappa shape index (κ3) is 12.7. The van der Waals surface area contributed by atoms with E-state index in [0.29, 0.717) is 5.69 Å². The molecular formula is C48H53FN8O4. The molecule has 0 spiro atoms. The number of hydrogen-bond donors (Lipinski definition) is 3. The molecule has 0 atom stereocenters. The largest absolute Gasteiger partial charge is 0.369 e. The lowest BCUT2D eigenvalue weighted by Crippen LogP contribution is -2.44. The van der Waals surface area contributed by atoms with Crippen molar-refractivity contribution in [3.63, 3.8) is 0 Å². The molecule has 6 aromatic rings. The molecule has 2 fully saturated rings. The summed E-state index contributed by atoms with van der Waals surface area (Å²) in [6.45, 7) is 8.53. The molecule has 0 aromatic heterocycles. The highest BCUT2D eigenvalue weighted by Gasteiger charge is 2.24. The van der Waals surface area contributed by atoms with E-state index in [9.17, 15) is 24.6 Å². The van der Waals surface area contributed by atoms with E-state index in [4.69, 9.17) is 0 Å². The molecule has 61 heavy (non-hydrogen) atoms. The van der Waals surface area contributed by atoms with Crippen LogP contribution in [0.15, 0.2) is 158 Å². The molecule has 12 nitrogen and oxygen atoms in total. The van der Waals surface area contributed by atoms with Gasteiger partial charge in [0.25, 0.3) is 11.4 Å². The highest BCUT2D eigenvalue weighted by Crippen LogP contribution is 2.36. The fourth-order valence-electron chi connectivity index (χ4n) is 7.23. The standard InChI is InChI=1S/C24H26N4O2.C19H15FN2O2.C5H12N2/c1-26-14-16-27(17-15-26)21-12-13-23(28(29)30)22(18-21)25-24(19-8-4-2-5-9-19)20-10-6-3-7-11-20;20-16-11-12-18(22(23)24)17(13-16)21-19(14-7-3-1-4-8-14)15-9-5-2-6-10-15;1-7-4-2-6-3-5-7/h2-13,18,24-25H,14-17H2,1H3;1-13,19,21H;6H,2-5H2,1H3. The topological polar surface area (TPSA) is 132 Å². The Hall–Kier alpha value is -6.67. The van der Waals surface area contributed by atoms with E-state index in [2.05, 4.69) is 44.7 Å². The molecule has 0 saturated carbocycles. The Kier molecular flexibility index (Phi) is 15.9. The second kappa shape index (κ2) is 22.1. The second-order valence-corrected chi connectivity index (χ2v) is 15.0. The summed E-state index contributed by atoms with van der Waals surface area (Å²) in [7, 11) is 4.27. The molecule has 6 aromatic carbocycles. The van der Waals surface area contributed by atoms with Gasteiger partial charge in [-0.05, 0) is 54.5 Å². The number of nitrogens with one attached hydrogen (secondary N) is 3. The van der Waals surface area contributed by atoms with Gasteiger partial charge in [-0.2, -0.15) is 0 Å². The van der Waals surface area contributed by atoms with E-state index < -0.39 is 10.7 Å². The molecule has 0 unspecified atom stereocenters. The summed E-state index contributed by atoms with van der Waals surface area (Å²) in [5, 5.41) is 32.8. The molecule has 3 N–H and O–H groups in total. The average molecular weight is 825 g/mol. The van der Waals surface area contributed by atoms with Crippen LogP contribution in [0.2, 0.25) is 0 Å². The SMILES string of the molecule is CN1CCN(c2ccc([N+](=O)[O-])c(NC(c3ccccc3)c3ccccc3)c2)CC1.CN1CCNCC1.O=[N+]([O-])c1ccc(F)cc1NC(c1ccccc1)c1ccccc1. The van der Waals surface area contributed by atoms with Gasteiger partial charge < -0.3 is 30.7 Å². The zero-order valence-corrected chi connectivity index (χ0v) is 34.6. The minimum absolute atomic E-state index is 0.0877. The van der Waals surface area contributed by atoms with E-state index in [0.717, 1.165) is 79.3 Å². The normalized spacial score (nSPS) is 14.3. The van der Waals surface area contributed by atoms with Crippen LogP contribution in [0.3, 0.4) is 0 Å². The summed E-state index contributed by atoms with van der Waals surface area (Å²) in [6.07, 6.45) is 0. The Labute approximate surface area is 356 Å². The van der Waals surface area contributed by atoms with Crippen molar-refractivity contribution < 1.29 is 14.2 Å². The van der Waals surface area contributed by atoms with Gasteiger partial charge in [-0.25, -0.2) is 4.39 Å². The summed E-state index contributed by atoms with van der Waals surface area (Å²) < 4.78 is 13.6. The quantitative estimate of drug-likeness (QED) is 0.0860. The number of nitro groups is 2. The van der Waals surface area contributed by atoms with Gasteiger partial charge in [-0.3, -0.25) is 20.2 Å². The predicted molar refractivity (Wildman–Crippen MR) is 243 cm³/mol. The Morgan fingerprint density at radius 2 is 0.902 bits per heavy atom. The van der Waals surface area contributed by atoms with Crippen molar-refractivity contribution in [2.24, 2.45) is 0 Å². The van der Waals surface area contributed by atoms with Gasteiger partial charge in [-0.15, -0.1) is 0 Å². The minimum atomic E-state index is -0.525. The first-order chi connectivity index (χ1) is 29.7. The first-order valence-corrected chi connectivity index (χ1v) is 20.4. The maximum Gasteiger partial charge on any atom is 0.292 e. The number of rotatable bonds is 11. The van der Waals surface area contributed by atoms with Gasteiger partial charge in [0.1, 0.15) is 17.2 Å². The maximum absolute atomic E-state index is 13.6. The van der Waals surface area contributed by atoms with Gasteiger partial charge in [0, 0.05) is 76.2 Å². The van der Waals surface area contributed by atoms with Crippen LogP contribution in [0.1, 0.15) is 34.3 Å². The van der Waals surface area contributed by atoms with Gasteiger partial charge in [0.2, 0.25) is 0 Å². The minimum Gasteiger partial charge on any atom is -0.369 e. The van der Waals surface area contributed by atoms with Crippen molar-refractivity contribution in [1.82, 2.24) is 15.1 Å². The summed E-state index contributed by atoms with van der Waals surface area (Å²) in [4.78, 5) is 29.1. The van der Waals surface area contributed by atoms with Crippen molar-refractivity contribution in [1.29, 1.82) is 0 Å². The Bertz CT molecular complexity index is 2200. The number of halogens is 1. The van der Waals surface area contributed by atoms with Crippen LogP contribution in [0.4, 0.5) is 32.8 Å². The van der Waals surface area contributed by atoms with E-state index in [1.807, 2.05) is 133 Å². The predicted octanol–water partition coefficient (Wildman–Crippen LogP) is 9.00. The van der Waals surface area contributed by atoms with E-state index >= 15 is 0 Å². The van der Waals surface area contributed by atoms with Crippen LogP contribution < -0.4 is 20.9 Å². The number of benzene rings is 6. The lowest BCUT2D eigenvalue weighted by molar-refractivity contribution is -0.384. The number of nitro benzene ring substituents is 2. The van der Waals surface area contributed by atoms with Crippen LogP contribution in [0.5, 0.6) is 0 Å².